The normalized spacial score (nSPS) is 13.3. The summed E-state index contributed by atoms with van der Waals surface area (Å²) in [5.41, 5.74) is 1.55. The van der Waals surface area contributed by atoms with Gasteiger partial charge in [-0.3, -0.25) is 4.79 Å². The number of hydrogen-bond donors (Lipinski definition) is 2. The topological polar surface area (TPSA) is 62.2 Å². The standard InChI is InChI=1S/C18H22N2O2S/c1-3-23-17-10-9-15(12-19-17)18(22)20-13(2)16(21)11-14-7-5-4-6-8-14/h4-10,12-13,16,21H,3,11H2,1-2H3,(H,20,22). The van der Waals surface area contributed by atoms with Crippen molar-refractivity contribution in [2.75, 3.05) is 5.75 Å². The van der Waals surface area contributed by atoms with Gasteiger partial charge in [0.25, 0.3) is 5.91 Å². The molecule has 0 radical (unpaired) electrons. The average Bonchev–Trinajstić information content (AvgIpc) is 2.56. The number of thioether (sulfide) groups is 1. The number of aromatic nitrogens is 1. The van der Waals surface area contributed by atoms with E-state index < -0.39 is 6.10 Å². The van der Waals surface area contributed by atoms with Gasteiger partial charge in [-0.25, -0.2) is 4.98 Å². The summed E-state index contributed by atoms with van der Waals surface area (Å²) in [5.74, 6) is 0.728. The van der Waals surface area contributed by atoms with E-state index in [1.807, 2.05) is 36.4 Å². The Morgan fingerprint density at radius 2 is 2.00 bits per heavy atom. The van der Waals surface area contributed by atoms with E-state index in [1.54, 1.807) is 30.9 Å². The van der Waals surface area contributed by atoms with Crippen molar-refractivity contribution in [3.8, 4) is 0 Å². The lowest BCUT2D eigenvalue weighted by Crippen LogP contribution is -2.42. The van der Waals surface area contributed by atoms with Crippen molar-refractivity contribution in [1.82, 2.24) is 10.3 Å². The van der Waals surface area contributed by atoms with Crippen LogP contribution in [0.25, 0.3) is 0 Å². The minimum absolute atomic E-state index is 0.217. The summed E-state index contributed by atoms with van der Waals surface area (Å²) in [6.07, 6.45) is 1.44. The first-order valence-corrected chi connectivity index (χ1v) is 8.70. The highest BCUT2D eigenvalue weighted by atomic mass is 32.2. The van der Waals surface area contributed by atoms with E-state index in [9.17, 15) is 9.90 Å². The van der Waals surface area contributed by atoms with Gasteiger partial charge in [-0.05, 0) is 30.4 Å². The number of benzene rings is 1. The van der Waals surface area contributed by atoms with Gasteiger partial charge in [-0.1, -0.05) is 37.3 Å². The first-order valence-electron chi connectivity index (χ1n) is 7.72. The molecule has 1 amide bonds. The van der Waals surface area contributed by atoms with E-state index in [-0.39, 0.29) is 11.9 Å². The number of aliphatic hydroxyl groups is 1. The van der Waals surface area contributed by atoms with E-state index in [2.05, 4.69) is 17.2 Å². The minimum atomic E-state index is -0.635. The molecule has 1 aromatic heterocycles. The second kappa shape index (κ2) is 8.70. The number of carbonyl (C=O) groups is 1. The molecule has 0 saturated heterocycles. The Hall–Kier alpha value is -1.85. The van der Waals surface area contributed by atoms with Crippen LogP contribution in [0.3, 0.4) is 0 Å². The van der Waals surface area contributed by atoms with Crippen LogP contribution in [0.4, 0.5) is 0 Å². The fourth-order valence-electron chi connectivity index (χ4n) is 2.17. The van der Waals surface area contributed by atoms with Crippen LogP contribution in [0.15, 0.2) is 53.7 Å². The number of nitrogens with zero attached hydrogens (tertiary/aromatic N) is 1. The predicted molar refractivity (Wildman–Crippen MR) is 93.7 cm³/mol. The van der Waals surface area contributed by atoms with Gasteiger partial charge >= 0.3 is 0 Å². The molecule has 0 spiro atoms. The van der Waals surface area contributed by atoms with Crippen LogP contribution in [-0.4, -0.2) is 33.9 Å². The van der Waals surface area contributed by atoms with Crippen molar-refractivity contribution in [1.29, 1.82) is 0 Å². The fraction of sp³-hybridized carbons (Fsp3) is 0.333. The number of rotatable bonds is 7. The molecule has 0 fully saturated rings. The number of aliphatic hydroxyl groups excluding tert-OH is 1. The molecule has 0 aliphatic carbocycles. The van der Waals surface area contributed by atoms with Crippen LogP contribution in [-0.2, 0) is 6.42 Å². The second-order valence-corrected chi connectivity index (χ2v) is 6.62. The average molecular weight is 330 g/mol. The summed E-state index contributed by atoms with van der Waals surface area (Å²) in [6.45, 7) is 3.86. The van der Waals surface area contributed by atoms with Gasteiger partial charge in [0.15, 0.2) is 0 Å². The Bertz CT molecular complexity index is 617. The third-order valence-electron chi connectivity index (χ3n) is 3.51. The number of carbonyl (C=O) groups excluding carboxylic acids is 1. The van der Waals surface area contributed by atoms with Crippen molar-refractivity contribution in [3.05, 3.63) is 59.8 Å². The van der Waals surface area contributed by atoms with Crippen molar-refractivity contribution in [3.63, 3.8) is 0 Å². The van der Waals surface area contributed by atoms with Crippen LogP contribution in [0.2, 0.25) is 0 Å². The van der Waals surface area contributed by atoms with Crippen molar-refractivity contribution in [2.45, 2.75) is 37.4 Å². The van der Waals surface area contributed by atoms with Crippen molar-refractivity contribution >= 4 is 17.7 Å². The highest BCUT2D eigenvalue weighted by molar-refractivity contribution is 7.99. The Morgan fingerprint density at radius 1 is 1.26 bits per heavy atom. The Labute approximate surface area is 141 Å². The van der Waals surface area contributed by atoms with Gasteiger partial charge in [0.2, 0.25) is 0 Å². The first-order chi connectivity index (χ1) is 11.1. The molecule has 0 bridgehead atoms. The van der Waals surface area contributed by atoms with Crippen molar-refractivity contribution in [2.24, 2.45) is 0 Å². The van der Waals surface area contributed by atoms with Gasteiger partial charge in [0.1, 0.15) is 0 Å². The summed E-state index contributed by atoms with van der Waals surface area (Å²) in [4.78, 5) is 16.5. The highest BCUT2D eigenvalue weighted by Crippen LogP contribution is 2.14. The molecule has 2 unspecified atom stereocenters. The zero-order valence-corrected chi connectivity index (χ0v) is 14.2. The number of pyridine rings is 1. The maximum atomic E-state index is 12.2. The summed E-state index contributed by atoms with van der Waals surface area (Å²) < 4.78 is 0. The van der Waals surface area contributed by atoms with Crippen LogP contribution < -0.4 is 5.32 Å². The number of hydrogen-bond acceptors (Lipinski definition) is 4. The van der Waals surface area contributed by atoms with Crippen molar-refractivity contribution < 1.29 is 9.90 Å². The van der Waals surface area contributed by atoms with Gasteiger partial charge in [-0.15, -0.1) is 11.8 Å². The van der Waals surface area contributed by atoms with Crippen LogP contribution in [0, 0.1) is 0 Å². The molecule has 23 heavy (non-hydrogen) atoms. The summed E-state index contributed by atoms with van der Waals surface area (Å²) in [5, 5.41) is 14.0. The molecule has 0 aliphatic rings. The third-order valence-corrected chi connectivity index (χ3v) is 4.34. The number of amides is 1. The van der Waals surface area contributed by atoms with E-state index >= 15 is 0 Å². The largest absolute Gasteiger partial charge is 0.391 e. The van der Waals surface area contributed by atoms with Gasteiger partial charge in [0.05, 0.1) is 22.7 Å². The molecule has 0 aliphatic heterocycles. The maximum absolute atomic E-state index is 12.2. The smallest absolute Gasteiger partial charge is 0.253 e. The molecular formula is C18H22N2O2S. The lowest BCUT2D eigenvalue weighted by Gasteiger charge is -2.20. The Kier molecular flexibility index (Phi) is 6.62. The third kappa shape index (κ3) is 5.37. The quantitative estimate of drug-likeness (QED) is 0.766. The summed E-state index contributed by atoms with van der Waals surface area (Å²) in [7, 11) is 0. The van der Waals surface area contributed by atoms with E-state index in [0.29, 0.717) is 12.0 Å². The summed E-state index contributed by atoms with van der Waals surface area (Å²) >= 11 is 1.63. The lowest BCUT2D eigenvalue weighted by atomic mass is 10.0. The van der Waals surface area contributed by atoms with Crippen LogP contribution in [0.1, 0.15) is 29.8 Å². The van der Waals surface area contributed by atoms with Gasteiger partial charge < -0.3 is 10.4 Å². The molecule has 122 valence electrons. The zero-order valence-electron chi connectivity index (χ0n) is 13.4. The SMILES string of the molecule is CCSc1ccc(C(=O)NC(C)C(O)Cc2ccccc2)cn1. The molecule has 5 heteroatoms. The van der Waals surface area contributed by atoms with Crippen LogP contribution in [0.5, 0.6) is 0 Å². The Morgan fingerprint density at radius 3 is 2.61 bits per heavy atom. The lowest BCUT2D eigenvalue weighted by molar-refractivity contribution is 0.0851. The van der Waals surface area contributed by atoms with E-state index in [4.69, 9.17) is 0 Å². The fourth-order valence-corrected chi connectivity index (χ4v) is 2.75. The first kappa shape index (κ1) is 17.5. The predicted octanol–water partition coefficient (Wildman–Crippen LogP) is 2.92. The van der Waals surface area contributed by atoms with Gasteiger partial charge in [0, 0.05) is 12.6 Å². The monoisotopic (exact) mass is 330 g/mol. The van der Waals surface area contributed by atoms with Gasteiger partial charge in [-0.2, -0.15) is 0 Å². The Balaban J connectivity index is 1.90. The van der Waals surface area contributed by atoms with E-state index in [0.717, 1.165) is 16.3 Å². The molecular weight excluding hydrogens is 308 g/mol. The number of nitrogens with one attached hydrogen (secondary N) is 1. The second-order valence-electron chi connectivity index (χ2n) is 5.34. The summed E-state index contributed by atoms with van der Waals surface area (Å²) in [6, 6.07) is 13.0. The molecule has 4 nitrogen and oxygen atoms in total. The molecule has 2 aromatic rings. The molecule has 1 heterocycles. The van der Waals surface area contributed by atoms with Crippen LogP contribution >= 0.6 is 11.8 Å². The molecule has 0 saturated carbocycles. The molecule has 2 atom stereocenters. The molecule has 2 rings (SSSR count). The maximum Gasteiger partial charge on any atom is 0.253 e. The highest BCUT2D eigenvalue weighted by Gasteiger charge is 2.18. The zero-order chi connectivity index (χ0) is 16.7. The molecule has 1 aromatic carbocycles. The minimum Gasteiger partial charge on any atom is -0.391 e. The van der Waals surface area contributed by atoms with E-state index in [1.165, 1.54) is 0 Å². The molecule has 2 N–H and O–H groups in total.